The van der Waals surface area contributed by atoms with Crippen LogP contribution in [0.5, 0.6) is 0 Å². The Bertz CT molecular complexity index is 244. The predicted octanol–water partition coefficient (Wildman–Crippen LogP) is 0.0275. The van der Waals surface area contributed by atoms with Gasteiger partial charge in [0.05, 0.1) is 19.3 Å². The second kappa shape index (κ2) is 5.89. The molecule has 0 aliphatic carbocycles. The van der Waals surface area contributed by atoms with Crippen LogP contribution in [0.25, 0.3) is 10.4 Å². The molecular weight excluding hydrogens is 202 g/mol. The molecule has 1 fully saturated rings. The van der Waals surface area contributed by atoms with E-state index in [0.29, 0.717) is 0 Å². The maximum atomic E-state index is 9.65. The Kier molecular flexibility index (Phi) is 4.80. The monoisotopic (exact) mass is 217 g/mol. The van der Waals surface area contributed by atoms with E-state index < -0.39 is 18.5 Å². The van der Waals surface area contributed by atoms with Crippen molar-refractivity contribution in [3.05, 3.63) is 10.4 Å². The molecule has 1 rings (SSSR count). The zero-order valence-electron chi connectivity index (χ0n) is 8.48. The van der Waals surface area contributed by atoms with Crippen molar-refractivity contribution >= 4 is 0 Å². The number of azide groups is 1. The van der Waals surface area contributed by atoms with E-state index in [0.717, 1.165) is 0 Å². The lowest BCUT2D eigenvalue weighted by Crippen LogP contribution is -2.49. The third-order valence-electron chi connectivity index (χ3n) is 2.39. The Balaban J connectivity index is 2.32. The zero-order chi connectivity index (χ0) is 11.3. The summed E-state index contributed by atoms with van der Waals surface area (Å²) in [4.78, 5) is 2.57. The van der Waals surface area contributed by atoms with Gasteiger partial charge in [-0.15, -0.1) is 0 Å². The van der Waals surface area contributed by atoms with E-state index in [1.165, 1.54) is 0 Å². The lowest BCUT2D eigenvalue weighted by molar-refractivity contribution is -0.253. The van der Waals surface area contributed by atoms with Crippen molar-refractivity contribution in [2.75, 3.05) is 19.8 Å². The number of hydrogen-bond donors (Lipinski definition) is 2. The van der Waals surface area contributed by atoms with Gasteiger partial charge in [-0.25, -0.2) is 0 Å². The normalized spacial score (nSPS) is 35.9. The molecule has 1 saturated heterocycles. The summed E-state index contributed by atoms with van der Waals surface area (Å²) in [5.74, 6) is -0.289. The molecule has 7 nitrogen and oxygen atoms in total. The summed E-state index contributed by atoms with van der Waals surface area (Å²) in [5, 5.41) is 22.3. The minimum atomic E-state index is -0.861. The molecule has 86 valence electrons. The molecule has 7 heteroatoms. The van der Waals surface area contributed by atoms with Gasteiger partial charge in [-0.3, -0.25) is 0 Å². The van der Waals surface area contributed by atoms with Crippen molar-refractivity contribution < 1.29 is 19.7 Å². The fraction of sp³-hybridized carbons (Fsp3) is 1.00. The highest BCUT2D eigenvalue weighted by Crippen LogP contribution is 2.21. The van der Waals surface area contributed by atoms with Crippen LogP contribution in [-0.4, -0.2) is 48.5 Å². The van der Waals surface area contributed by atoms with Crippen LogP contribution in [0.3, 0.4) is 0 Å². The molecular formula is C8H15N3O4. The van der Waals surface area contributed by atoms with Crippen molar-refractivity contribution in [2.45, 2.75) is 25.4 Å². The van der Waals surface area contributed by atoms with Crippen LogP contribution in [0.1, 0.15) is 6.92 Å². The molecule has 0 amide bonds. The molecule has 0 spiro atoms. The molecule has 0 aromatic carbocycles. The Morgan fingerprint density at radius 2 is 2.33 bits per heavy atom. The van der Waals surface area contributed by atoms with E-state index in [1.54, 1.807) is 6.92 Å². The first-order valence-corrected chi connectivity index (χ1v) is 4.77. The standard InChI is InChI=1S/C8H15N3O4/c1-5-6(12)4-15-8(7(5)13)14-3-2-10-11-9/h5-8,12-13H,2-4H2,1H3/t5-,6+,7?,8+/m0/s1. The minimum Gasteiger partial charge on any atom is -0.390 e. The van der Waals surface area contributed by atoms with E-state index in [2.05, 4.69) is 10.0 Å². The molecule has 4 atom stereocenters. The molecule has 0 radical (unpaired) electrons. The van der Waals surface area contributed by atoms with Crippen molar-refractivity contribution in [2.24, 2.45) is 11.0 Å². The number of ether oxygens (including phenoxy) is 2. The average Bonchev–Trinajstić information content (AvgIpc) is 2.24. The number of hydrogen-bond acceptors (Lipinski definition) is 5. The van der Waals surface area contributed by atoms with Gasteiger partial charge in [-0.1, -0.05) is 12.0 Å². The van der Waals surface area contributed by atoms with Gasteiger partial charge >= 0.3 is 0 Å². The molecule has 2 N–H and O–H groups in total. The summed E-state index contributed by atoms with van der Waals surface area (Å²) >= 11 is 0. The fourth-order valence-electron chi connectivity index (χ4n) is 1.32. The molecule has 0 saturated carbocycles. The number of aliphatic hydroxyl groups excluding tert-OH is 2. The van der Waals surface area contributed by atoms with Crippen LogP contribution in [0.4, 0.5) is 0 Å². The van der Waals surface area contributed by atoms with Crippen LogP contribution >= 0.6 is 0 Å². The zero-order valence-corrected chi connectivity index (χ0v) is 8.48. The molecule has 0 bridgehead atoms. The second-order valence-corrected chi connectivity index (χ2v) is 3.44. The van der Waals surface area contributed by atoms with Crippen molar-refractivity contribution in [3.63, 3.8) is 0 Å². The van der Waals surface area contributed by atoms with E-state index in [9.17, 15) is 10.2 Å². The van der Waals surface area contributed by atoms with Crippen molar-refractivity contribution in [1.29, 1.82) is 0 Å². The van der Waals surface area contributed by atoms with Crippen LogP contribution in [0.15, 0.2) is 5.11 Å². The molecule has 1 unspecified atom stereocenters. The minimum absolute atomic E-state index is 0.143. The summed E-state index contributed by atoms with van der Waals surface area (Å²) in [6, 6.07) is 0. The Labute approximate surface area is 87.2 Å². The maximum absolute atomic E-state index is 9.65. The first-order valence-electron chi connectivity index (χ1n) is 4.77. The summed E-state index contributed by atoms with van der Waals surface area (Å²) in [5.41, 5.74) is 8.02. The van der Waals surface area contributed by atoms with Gasteiger partial charge < -0.3 is 19.7 Å². The van der Waals surface area contributed by atoms with Gasteiger partial charge in [0.15, 0.2) is 6.29 Å². The predicted molar refractivity (Wildman–Crippen MR) is 50.9 cm³/mol. The Morgan fingerprint density at radius 3 is 3.00 bits per heavy atom. The third-order valence-corrected chi connectivity index (χ3v) is 2.39. The van der Waals surface area contributed by atoms with Crippen LogP contribution < -0.4 is 0 Å². The number of nitrogens with zero attached hydrogens (tertiary/aromatic N) is 3. The van der Waals surface area contributed by atoms with Gasteiger partial charge in [0.1, 0.15) is 6.10 Å². The molecule has 1 aliphatic heterocycles. The topological polar surface area (TPSA) is 108 Å². The average molecular weight is 217 g/mol. The van der Waals surface area contributed by atoms with Gasteiger partial charge in [0.25, 0.3) is 0 Å². The van der Waals surface area contributed by atoms with Crippen molar-refractivity contribution in [1.82, 2.24) is 0 Å². The van der Waals surface area contributed by atoms with Crippen LogP contribution in [0, 0.1) is 5.92 Å². The molecule has 0 aromatic heterocycles. The van der Waals surface area contributed by atoms with Gasteiger partial charge in [-0.2, -0.15) is 0 Å². The summed E-state index contributed by atoms with van der Waals surface area (Å²) < 4.78 is 10.3. The maximum Gasteiger partial charge on any atom is 0.183 e. The largest absolute Gasteiger partial charge is 0.390 e. The first kappa shape index (κ1) is 12.2. The summed E-state index contributed by atoms with van der Waals surface area (Å²) in [7, 11) is 0. The SMILES string of the molecule is C[C@@H]1C(O)[C@H](OCCN=[N+]=[N-])OC[C@H]1O. The highest BCUT2D eigenvalue weighted by molar-refractivity contribution is 4.79. The molecule has 1 aliphatic rings. The number of aliphatic hydroxyl groups is 2. The Hall–Kier alpha value is -0.850. The second-order valence-electron chi connectivity index (χ2n) is 3.44. The van der Waals surface area contributed by atoms with Crippen LogP contribution in [-0.2, 0) is 9.47 Å². The van der Waals surface area contributed by atoms with Crippen molar-refractivity contribution in [3.8, 4) is 0 Å². The van der Waals surface area contributed by atoms with E-state index in [1.807, 2.05) is 0 Å². The molecule has 0 aromatic rings. The van der Waals surface area contributed by atoms with Crippen LogP contribution in [0.2, 0.25) is 0 Å². The van der Waals surface area contributed by atoms with E-state index in [-0.39, 0.29) is 25.7 Å². The smallest absolute Gasteiger partial charge is 0.183 e. The summed E-state index contributed by atoms with van der Waals surface area (Å²) in [6.45, 7) is 2.25. The highest BCUT2D eigenvalue weighted by Gasteiger charge is 2.36. The lowest BCUT2D eigenvalue weighted by Gasteiger charge is -2.35. The van der Waals surface area contributed by atoms with E-state index in [4.69, 9.17) is 15.0 Å². The number of rotatable bonds is 4. The third kappa shape index (κ3) is 3.33. The lowest BCUT2D eigenvalue weighted by atomic mass is 9.96. The summed E-state index contributed by atoms with van der Waals surface area (Å²) in [6.07, 6.45) is -2.28. The quantitative estimate of drug-likeness (QED) is 0.299. The van der Waals surface area contributed by atoms with Gasteiger partial charge in [0.2, 0.25) is 0 Å². The van der Waals surface area contributed by atoms with Gasteiger partial charge in [0, 0.05) is 17.4 Å². The van der Waals surface area contributed by atoms with E-state index >= 15 is 0 Å². The first-order chi connectivity index (χ1) is 7.16. The fourth-order valence-corrected chi connectivity index (χ4v) is 1.32. The highest BCUT2D eigenvalue weighted by atomic mass is 16.7. The molecule has 1 heterocycles. The van der Waals surface area contributed by atoms with Gasteiger partial charge in [-0.05, 0) is 5.53 Å². The Morgan fingerprint density at radius 1 is 1.60 bits per heavy atom. The molecule has 15 heavy (non-hydrogen) atoms.